The number of benzene rings is 1. The van der Waals surface area contributed by atoms with Gasteiger partial charge in [0.2, 0.25) is 0 Å². The molecule has 1 N–H and O–H groups in total. The molecule has 1 aliphatic rings. The van der Waals surface area contributed by atoms with Gasteiger partial charge in [-0.2, -0.15) is 5.26 Å². The molecule has 6 heteroatoms. The summed E-state index contributed by atoms with van der Waals surface area (Å²) in [6.45, 7) is 0. The van der Waals surface area contributed by atoms with Crippen molar-refractivity contribution in [3.63, 3.8) is 0 Å². The van der Waals surface area contributed by atoms with Gasteiger partial charge in [0, 0.05) is 5.41 Å². The van der Waals surface area contributed by atoms with E-state index in [4.69, 9.17) is 5.26 Å². The van der Waals surface area contributed by atoms with Gasteiger partial charge in [-0.25, -0.2) is 12.8 Å². The summed E-state index contributed by atoms with van der Waals surface area (Å²) in [4.78, 5) is 0. The Morgan fingerprint density at radius 3 is 2.82 bits per heavy atom. The van der Waals surface area contributed by atoms with Crippen LogP contribution in [0.4, 0.5) is 10.1 Å². The van der Waals surface area contributed by atoms with Crippen LogP contribution in [0.15, 0.2) is 29.7 Å². The molecule has 0 amide bonds. The summed E-state index contributed by atoms with van der Waals surface area (Å²) in [5.41, 5.74) is 0.586. The number of anilines is 1. The summed E-state index contributed by atoms with van der Waals surface area (Å²) < 4.78 is 35.3. The van der Waals surface area contributed by atoms with E-state index in [1.807, 2.05) is 6.07 Å². The van der Waals surface area contributed by atoms with Crippen LogP contribution in [-0.4, -0.2) is 20.2 Å². The van der Waals surface area contributed by atoms with Gasteiger partial charge in [0.25, 0.3) is 0 Å². The minimum absolute atomic E-state index is 0.0464. The quantitative estimate of drug-likeness (QED) is 0.864. The lowest BCUT2D eigenvalue weighted by atomic mass is 10.1. The van der Waals surface area contributed by atoms with Crippen molar-refractivity contribution in [3.8, 4) is 6.07 Å². The van der Waals surface area contributed by atoms with Crippen molar-refractivity contribution in [1.29, 1.82) is 5.26 Å². The molecule has 0 fully saturated rings. The van der Waals surface area contributed by atoms with E-state index in [0.717, 1.165) is 11.5 Å². The minimum Gasteiger partial charge on any atom is -0.377 e. The molecule has 0 radical (unpaired) electrons. The molecule has 1 aromatic rings. The molecule has 1 heterocycles. The molecule has 4 nitrogen and oxygen atoms in total. The largest absolute Gasteiger partial charge is 0.377 e. The van der Waals surface area contributed by atoms with E-state index in [0.29, 0.717) is 5.69 Å². The van der Waals surface area contributed by atoms with Gasteiger partial charge in [-0.3, -0.25) is 0 Å². The average Bonchev–Trinajstić information content (AvgIpc) is 2.61. The number of hydrogen-bond acceptors (Lipinski definition) is 4. The monoisotopic (exact) mass is 252 g/mol. The molecule has 1 aromatic carbocycles. The summed E-state index contributed by atoms with van der Waals surface area (Å²) in [6, 6.07) is 5.23. The first-order valence-electron chi connectivity index (χ1n) is 4.87. The molecule has 1 atom stereocenters. The van der Waals surface area contributed by atoms with Crippen LogP contribution in [-0.2, 0) is 9.84 Å². The number of rotatable bonds is 2. The Morgan fingerprint density at radius 2 is 2.24 bits per heavy atom. The SMILES string of the molecule is N#Cc1cc(F)ccc1NC1C=CS(=O)(=O)C1. The Morgan fingerprint density at radius 1 is 1.47 bits per heavy atom. The van der Waals surface area contributed by atoms with E-state index >= 15 is 0 Å². The standard InChI is InChI=1S/C11H9FN2O2S/c12-9-1-2-11(8(5-9)6-13)14-10-3-4-17(15,16)7-10/h1-5,10,14H,7H2. The van der Waals surface area contributed by atoms with Gasteiger partial charge in [-0.15, -0.1) is 0 Å². The van der Waals surface area contributed by atoms with Gasteiger partial charge in [0.05, 0.1) is 23.0 Å². The Bertz CT molecular complexity index is 617. The maximum atomic E-state index is 12.9. The lowest BCUT2D eigenvalue weighted by Gasteiger charge is -2.12. The lowest BCUT2D eigenvalue weighted by molar-refractivity contribution is 0.605. The predicted octanol–water partition coefficient (Wildman–Crippen LogP) is 1.42. The van der Waals surface area contributed by atoms with Gasteiger partial charge in [-0.1, -0.05) is 6.08 Å². The molecular formula is C11H9FN2O2S. The van der Waals surface area contributed by atoms with Crippen LogP contribution < -0.4 is 5.32 Å². The Hall–Kier alpha value is -1.87. The summed E-state index contributed by atoms with van der Waals surface area (Å²) in [6.07, 6.45) is 1.51. The molecule has 0 saturated carbocycles. The molecule has 0 aliphatic carbocycles. The number of nitriles is 1. The molecule has 0 bridgehead atoms. The van der Waals surface area contributed by atoms with Crippen molar-refractivity contribution in [2.24, 2.45) is 0 Å². The number of halogens is 1. The number of nitrogens with one attached hydrogen (secondary N) is 1. The normalized spacial score (nSPS) is 21.1. The second-order valence-corrected chi connectivity index (χ2v) is 5.64. The minimum atomic E-state index is -3.14. The highest BCUT2D eigenvalue weighted by Gasteiger charge is 2.22. The van der Waals surface area contributed by atoms with Crippen LogP contribution >= 0.6 is 0 Å². The van der Waals surface area contributed by atoms with E-state index in [2.05, 4.69) is 5.32 Å². The zero-order valence-electron chi connectivity index (χ0n) is 8.72. The molecule has 1 unspecified atom stereocenters. The summed E-state index contributed by atoms with van der Waals surface area (Å²) in [7, 11) is -3.14. The van der Waals surface area contributed by atoms with Crippen molar-refractivity contribution in [1.82, 2.24) is 0 Å². The Kier molecular flexibility index (Phi) is 2.86. The van der Waals surface area contributed by atoms with Crippen LogP contribution in [0.3, 0.4) is 0 Å². The second kappa shape index (κ2) is 4.18. The van der Waals surface area contributed by atoms with Crippen LogP contribution in [0.2, 0.25) is 0 Å². The van der Waals surface area contributed by atoms with Crippen molar-refractivity contribution >= 4 is 15.5 Å². The highest BCUT2D eigenvalue weighted by atomic mass is 32.2. The fraction of sp³-hybridized carbons (Fsp3) is 0.182. The van der Waals surface area contributed by atoms with Gasteiger partial charge >= 0.3 is 0 Å². The molecule has 0 spiro atoms. The molecule has 17 heavy (non-hydrogen) atoms. The van der Waals surface area contributed by atoms with Crippen molar-refractivity contribution in [3.05, 3.63) is 41.1 Å². The summed E-state index contributed by atoms with van der Waals surface area (Å²) in [5.74, 6) is -0.545. The molecule has 0 aromatic heterocycles. The first-order chi connectivity index (χ1) is 8.00. The van der Waals surface area contributed by atoms with Crippen LogP contribution in [0, 0.1) is 17.1 Å². The molecule has 1 aliphatic heterocycles. The van der Waals surface area contributed by atoms with Crippen LogP contribution in [0.1, 0.15) is 5.56 Å². The van der Waals surface area contributed by atoms with Crippen molar-refractivity contribution < 1.29 is 12.8 Å². The molecule has 2 rings (SSSR count). The van der Waals surface area contributed by atoms with E-state index in [1.54, 1.807) is 0 Å². The lowest BCUT2D eigenvalue weighted by Crippen LogP contribution is -2.21. The maximum Gasteiger partial charge on any atom is 0.173 e. The summed E-state index contributed by atoms with van der Waals surface area (Å²) >= 11 is 0. The zero-order valence-corrected chi connectivity index (χ0v) is 9.54. The Labute approximate surface area is 98.3 Å². The van der Waals surface area contributed by atoms with E-state index in [-0.39, 0.29) is 17.4 Å². The third-order valence-corrected chi connectivity index (χ3v) is 3.77. The third-order valence-electron chi connectivity index (χ3n) is 2.37. The van der Waals surface area contributed by atoms with Gasteiger partial charge in [-0.05, 0) is 18.2 Å². The number of nitrogens with zero attached hydrogens (tertiary/aromatic N) is 1. The highest BCUT2D eigenvalue weighted by Crippen LogP contribution is 2.19. The Balaban J connectivity index is 2.21. The van der Waals surface area contributed by atoms with Gasteiger partial charge in [0.15, 0.2) is 9.84 Å². The van der Waals surface area contributed by atoms with E-state index < -0.39 is 15.7 Å². The second-order valence-electron chi connectivity index (χ2n) is 3.71. The topological polar surface area (TPSA) is 70.0 Å². The molecular weight excluding hydrogens is 243 g/mol. The summed E-state index contributed by atoms with van der Waals surface area (Å²) in [5, 5.41) is 12.9. The first kappa shape index (κ1) is 11.6. The van der Waals surface area contributed by atoms with Gasteiger partial charge < -0.3 is 5.32 Å². The molecule has 88 valence electrons. The number of hydrogen-bond donors (Lipinski definition) is 1. The van der Waals surface area contributed by atoms with E-state index in [1.165, 1.54) is 18.2 Å². The predicted molar refractivity (Wildman–Crippen MR) is 61.5 cm³/mol. The number of sulfone groups is 1. The smallest absolute Gasteiger partial charge is 0.173 e. The highest BCUT2D eigenvalue weighted by molar-refractivity contribution is 7.94. The fourth-order valence-electron chi connectivity index (χ4n) is 1.60. The maximum absolute atomic E-state index is 12.9. The van der Waals surface area contributed by atoms with Crippen molar-refractivity contribution in [2.45, 2.75) is 6.04 Å². The van der Waals surface area contributed by atoms with Crippen LogP contribution in [0.25, 0.3) is 0 Å². The fourth-order valence-corrected chi connectivity index (χ4v) is 2.84. The van der Waals surface area contributed by atoms with E-state index in [9.17, 15) is 12.8 Å². The third kappa shape index (κ3) is 2.63. The average molecular weight is 252 g/mol. The van der Waals surface area contributed by atoms with Crippen molar-refractivity contribution in [2.75, 3.05) is 11.1 Å². The van der Waals surface area contributed by atoms with Crippen LogP contribution in [0.5, 0.6) is 0 Å². The molecule has 0 saturated heterocycles. The zero-order chi connectivity index (χ0) is 12.5. The van der Waals surface area contributed by atoms with Gasteiger partial charge in [0.1, 0.15) is 11.9 Å². The first-order valence-corrected chi connectivity index (χ1v) is 6.59.